The van der Waals surface area contributed by atoms with Gasteiger partial charge < -0.3 is 10.2 Å². The van der Waals surface area contributed by atoms with Crippen LogP contribution >= 0.6 is 0 Å². The summed E-state index contributed by atoms with van der Waals surface area (Å²) in [6, 6.07) is 13.9. The Morgan fingerprint density at radius 2 is 2.00 bits per heavy atom. The summed E-state index contributed by atoms with van der Waals surface area (Å²) in [7, 11) is 0. The zero-order chi connectivity index (χ0) is 11.7. The van der Waals surface area contributed by atoms with Gasteiger partial charge >= 0.3 is 0 Å². The van der Waals surface area contributed by atoms with Gasteiger partial charge in [0.25, 0.3) is 0 Å². The smallest absolute Gasteiger partial charge is 0.134 e. The number of hydrogen-bond acceptors (Lipinski definition) is 3. The largest absolute Gasteiger partial charge is 0.461 e. The van der Waals surface area contributed by atoms with Gasteiger partial charge in [-0.1, -0.05) is 18.2 Å². The summed E-state index contributed by atoms with van der Waals surface area (Å²) in [6.45, 7) is 0. The fourth-order valence-corrected chi connectivity index (χ4v) is 1.93. The number of aromatic nitrogens is 1. The molecule has 0 saturated heterocycles. The summed E-state index contributed by atoms with van der Waals surface area (Å²) in [5.41, 5.74) is 7.67. The second-order valence-electron chi connectivity index (χ2n) is 4.02. The van der Waals surface area contributed by atoms with Gasteiger partial charge in [0.1, 0.15) is 17.2 Å². The van der Waals surface area contributed by atoms with Crippen molar-refractivity contribution in [2.24, 2.45) is 0 Å². The Kier molecular flexibility index (Phi) is 2.29. The van der Waals surface area contributed by atoms with Crippen LogP contribution in [0.3, 0.4) is 0 Å². The molecule has 0 amide bonds. The van der Waals surface area contributed by atoms with Crippen LogP contribution in [-0.2, 0) is 6.42 Å². The second-order valence-corrected chi connectivity index (χ2v) is 4.02. The van der Waals surface area contributed by atoms with Crippen molar-refractivity contribution in [1.29, 1.82) is 0 Å². The molecule has 0 aliphatic heterocycles. The fraction of sp³-hybridized carbons (Fsp3) is 0.0714. The van der Waals surface area contributed by atoms with E-state index < -0.39 is 0 Å². The lowest BCUT2D eigenvalue weighted by molar-refractivity contribution is 0.563. The van der Waals surface area contributed by atoms with E-state index in [1.54, 1.807) is 6.20 Å². The highest BCUT2D eigenvalue weighted by Gasteiger charge is 2.04. The van der Waals surface area contributed by atoms with Crippen molar-refractivity contribution >= 4 is 16.8 Å². The summed E-state index contributed by atoms with van der Waals surface area (Å²) in [5.74, 6) is 1.48. The molecule has 2 aromatic heterocycles. The average molecular weight is 224 g/mol. The molecular formula is C14H12N2O. The molecule has 0 aliphatic rings. The average Bonchev–Trinajstić information content (AvgIpc) is 2.71. The SMILES string of the molecule is Nc1cc(Cc2cc3ccccc3o2)ccn1. The maximum atomic E-state index is 5.75. The number of nitrogen functional groups attached to an aromatic ring is 1. The number of anilines is 1. The molecule has 3 rings (SSSR count). The molecule has 0 fully saturated rings. The Hall–Kier alpha value is -2.29. The van der Waals surface area contributed by atoms with Crippen LogP contribution in [0.2, 0.25) is 0 Å². The van der Waals surface area contributed by atoms with Crippen molar-refractivity contribution in [1.82, 2.24) is 4.98 Å². The van der Waals surface area contributed by atoms with Crippen LogP contribution in [0.25, 0.3) is 11.0 Å². The van der Waals surface area contributed by atoms with E-state index in [2.05, 4.69) is 11.1 Å². The Morgan fingerprint density at radius 1 is 1.12 bits per heavy atom. The van der Waals surface area contributed by atoms with E-state index in [9.17, 15) is 0 Å². The summed E-state index contributed by atoms with van der Waals surface area (Å²) in [5, 5.41) is 1.13. The van der Waals surface area contributed by atoms with Crippen molar-refractivity contribution < 1.29 is 4.42 Å². The van der Waals surface area contributed by atoms with Crippen molar-refractivity contribution in [3.63, 3.8) is 0 Å². The monoisotopic (exact) mass is 224 g/mol. The van der Waals surface area contributed by atoms with Gasteiger partial charge in [-0.3, -0.25) is 0 Å². The lowest BCUT2D eigenvalue weighted by Gasteiger charge is -1.98. The van der Waals surface area contributed by atoms with Gasteiger partial charge in [-0.05, 0) is 29.8 Å². The third-order valence-electron chi connectivity index (χ3n) is 2.70. The van der Waals surface area contributed by atoms with Gasteiger partial charge in [0.2, 0.25) is 0 Å². The second kappa shape index (κ2) is 3.94. The van der Waals surface area contributed by atoms with Crippen LogP contribution in [0.1, 0.15) is 11.3 Å². The van der Waals surface area contributed by atoms with Crippen molar-refractivity contribution in [2.75, 3.05) is 5.73 Å². The van der Waals surface area contributed by atoms with Crippen LogP contribution in [0.15, 0.2) is 53.1 Å². The predicted octanol–water partition coefficient (Wildman–Crippen LogP) is 3.00. The normalized spacial score (nSPS) is 10.8. The quantitative estimate of drug-likeness (QED) is 0.728. The number of fused-ring (bicyclic) bond motifs is 1. The van der Waals surface area contributed by atoms with Crippen LogP contribution in [0.5, 0.6) is 0 Å². The first-order valence-electron chi connectivity index (χ1n) is 5.49. The van der Waals surface area contributed by atoms with Gasteiger partial charge in [0, 0.05) is 18.0 Å². The van der Waals surface area contributed by atoms with Gasteiger partial charge in [-0.25, -0.2) is 4.98 Å². The molecule has 0 saturated carbocycles. The minimum absolute atomic E-state index is 0.540. The lowest BCUT2D eigenvalue weighted by Crippen LogP contribution is -1.92. The zero-order valence-corrected chi connectivity index (χ0v) is 9.26. The van der Waals surface area contributed by atoms with Gasteiger partial charge in [-0.15, -0.1) is 0 Å². The first-order valence-corrected chi connectivity index (χ1v) is 5.49. The van der Waals surface area contributed by atoms with Gasteiger partial charge in [0.15, 0.2) is 0 Å². The van der Waals surface area contributed by atoms with Gasteiger partial charge in [0.05, 0.1) is 0 Å². The summed E-state index contributed by atoms with van der Waals surface area (Å²) < 4.78 is 5.75. The van der Waals surface area contributed by atoms with E-state index in [-0.39, 0.29) is 0 Å². The molecule has 0 radical (unpaired) electrons. The van der Waals surface area contributed by atoms with E-state index in [0.29, 0.717) is 5.82 Å². The maximum absolute atomic E-state index is 5.75. The number of rotatable bonds is 2. The van der Waals surface area contributed by atoms with Crippen LogP contribution < -0.4 is 5.73 Å². The Labute approximate surface area is 98.9 Å². The minimum Gasteiger partial charge on any atom is -0.461 e. The summed E-state index contributed by atoms with van der Waals surface area (Å²) >= 11 is 0. The van der Waals surface area contributed by atoms with E-state index in [1.807, 2.05) is 36.4 Å². The number of hydrogen-bond donors (Lipinski definition) is 1. The summed E-state index contributed by atoms with van der Waals surface area (Å²) in [6.07, 6.45) is 2.45. The third-order valence-corrected chi connectivity index (χ3v) is 2.70. The number of benzene rings is 1. The minimum atomic E-state index is 0.540. The Bertz CT molecular complexity index is 625. The van der Waals surface area contributed by atoms with E-state index in [0.717, 1.165) is 28.7 Å². The van der Waals surface area contributed by atoms with E-state index in [1.165, 1.54) is 0 Å². The highest BCUT2D eigenvalue weighted by Crippen LogP contribution is 2.21. The maximum Gasteiger partial charge on any atom is 0.134 e. The first kappa shape index (κ1) is 9.90. The highest BCUT2D eigenvalue weighted by atomic mass is 16.3. The molecule has 2 N–H and O–H groups in total. The van der Waals surface area contributed by atoms with Crippen molar-refractivity contribution in [2.45, 2.75) is 6.42 Å². The standard InChI is InChI=1S/C14H12N2O/c15-14-8-10(5-6-16-14)7-12-9-11-3-1-2-4-13(11)17-12/h1-6,8-9H,7H2,(H2,15,16). The molecule has 0 unspecified atom stereocenters. The number of nitrogens with two attached hydrogens (primary N) is 1. The fourth-order valence-electron chi connectivity index (χ4n) is 1.93. The molecule has 3 aromatic rings. The number of para-hydroxylation sites is 1. The molecule has 3 heteroatoms. The zero-order valence-electron chi connectivity index (χ0n) is 9.26. The highest BCUT2D eigenvalue weighted by molar-refractivity contribution is 5.77. The molecule has 2 heterocycles. The van der Waals surface area contributed by atoms with Crippen molar-refractivity contribution in [3.8, 4) is 0 Å². The number of pyridine rings is 1. The van der Waals surface area contributed by atoms with Crippen molar-refractivity contribution in [3.05, 3.63) is 60.0 Å². The van der Waals surface area contributed by atoms with E-state index in [4.69, 9.17) is 10.2 Å². The summed E-state index contributed by atoms with van der Waals surface area (Å²) in [4.78, 5) is 3.97. The molecule has 0 aliphatic carbocycles. The topological polar surface area (TPSA) is 52.0 Å². The van der Waals surface area contributed by atoms with Crippen LogP contribution in [-0.4, -0.2) is 4.98 Å². The molecular weight excluding hydrogens is 212 g/mol. The number of furan rings is 1. The molecule has 3 nitrogen and oxygen atoms in total. The first-order chi connectivity index (χ1) is 8.31. The molecule has 1 aromatic carbocycles. The predicted molar refractivity (Wildman–Crippen MR) is 67.7 cm³/mol. The lowest BCUT2D eigenvalue weighted by atomic mass is 10.1. The van der Waals surface area contributed by atoms with Crippen LogP contribution in [0.4, 0.5) is 5.82 Å². The molecule has 17 heavy (non-hydrogen) atoms. The molecule has 84 valence electrons. The molecule has 0 atom stereocenters. The van der Waals surface area contributed by atoms with E-state index >= 15 is 0 Å². The Balaban J connectivity index is 1.94. The molecule has 0 spiro atoms. The molecule has 0 bridgehead atoms. The third kappa shape index (κ3) is 1.99. The Morgan fingerprint density at radius 3 is 2.82 bits per heavy atom. The number of nitrogens with zero attached hydrogens (tertiary/aromatic N) is 1. The van der Waals surface area contributed by atoms with Crippen LogP contribution in [0, 0.1) is 0 Å². The van der Waals surface area contributed by atoms with Gasteiger partial charge in [-0.2, -0.15) is 0 Å².